The van der Waals surface area contributed by atoms with E-state index < -0.39 is 16.9 Å². The highest BCUT2D eigenvalue weighted by molar-refractivity contribution is 5.92. The van der Waals surface area contributed by atoms with Crippen LogP contribution in [0.2, 0.25) is 0 Å². The van der Waals surface area contributed by atoms with Gasteiger partial charge in [0, 0.05) is 19.2 Å². The number of benzene rings is 2. The standard InChI is InChI=1S/C19H19NO6/c1-10-7-12-16(24)17(25)18(11-3-4-14(22)15(23)9-11)26-19(12)13(8-10)20(2)5-6-21/h3-4,7-9,21-23,25H,5-6H2,1-2H3. The quantitative estimate of drug-likeness (QED) is 0.530. The molecule has 0 spiro atoms. The van der Waals surface area contributed by atoms with Crippen LogP contribution in [0.3, 0.4) is 0 Å². The van der Waals surface area contributed by atoms with E-state index in [1.807, 2.05) is 13.0 Å². The summed E-state index contributed by atoms with van der Waals surface area (Å²) in [5, 5.41) is 38.9. The number of aliphatic hydroxyl groups is 1. The second kappa shape index (κ2) is 6.61. The van der Waals surface area contributed by atoms with Crippen LogP contribution in [0, 0.1) is 6.92 Å². The first-order valence-electron chi connectivity index (χ1n) is 7.98. The number of aliphatic hydroxyl groups excluding tert-OH is 1. The fourth-order valence-electron chi connectivity index (χ4n) is 2.83. The first kappa shape index (κ1) is 17.6. The summed E-state index contributed by atoms with van der Waals surface area (Å²) in [6, 6.07) is 7.29. The molecule has 0 aliphatic heterocycles. The Morgan fingerprint density at radius 3 is 2.46 bits per heavy atom. The van der Waals surface area contributed by atoms with Gasteiger partial charge in [-0.2, -0.15) is 0 Å². The Bertz CT molecular complexity index is 1040. The molecule has 7 nitrogen and oxygen atoms in total. The van der Waals surface area contributed by atoms with Crippen LogP contribution in [0.25, 0.3) is 22.3 Å². The number of rotatable bonds is 4. The Balaban J connectivity index is 2.34. The number of aromatic hydroxyl groups is 3. The highest BCUT2D eigenvalue weighted by Crippen LogP contribution is 2.37. The predicted octanol–water partition coefficient (Wildman–Crippen LogP) is 2.31. The number of hydrogen-bond donors (Lipinski definition) is 4. The molecule has 2 aromatic carbocycles. The highest BCUT2D eigenvalue weighted by atomic mass is 16.4. The van der Waals surface area contributed by atoms with Crippen LogP contribution in [0.15, 0.2) is 39.5 Å². The molecule has 1 heterocycles. The summed E-state index contributed by atoms with van der Waals surface area (Å²) in [6.45, 7) is 2.07. The van der Waals surface area contributed by atoms with E-state index in [-0.39, 0.29) is 34.6 Å². The Morgan fingerprint density at radius 1 is 1.08 bits per heavy atom. The number of phenolic OH excluding ortho intramolecular Hbond substituents is 2. The molecule has 1 aromatic heterocycles. The minimum absolute atomic E-state index is 0.0764. The lowest BCUT2D eigenvalue weighted by molar-refractivity contribution is 0.304. The number of hydrogen-bond acceptors (Lipinski definition) is 7. The van der Waals surface area contributed by atoms with E-state index in [9.17, 15) is 25.2 Å². The third-order valence-corrected chi connectivity index (χ3v) is 4.18. The molecule has 0 bridgehead atoms. The molecule has 7 heteroatoms. The number of fused-ring (bicyclic) bond motifs is 1. The molecular weight excluding hydrogens is 338 g/mol. The number of nitrogens with zero attached hydrogens (tertiary/aromatic N) is 1. The normalized spacial score (nSPS) is 11.0. The largest absolute Gasteiger partial charge is 0.504 e. The maximum atomic E-state index is 12.7. The molecule has 0 aliphatic carbocycles. The second-order valence-electron chi connectivity index (χ2n) is 6.12. The lowest BCUT2D eigenvalue weighted by Crippen LogP contribution is -2.22. The Morgan fingerprint density at radius 2 is 1.81 bits per heavy atom. The summed E-state index contributed by atoms with van der Waals surface area (Å²) in [4.78, 5) is 14.4. The van der Waals surface area contributed by atoms with Gasteiger partial charge in [-0.1, -0.05) is 0 Å². The van der Waals surface area contributed by atoms with Crippen molar-refractivity contribution in [1.82, 2.24) is 0 Å². The van der Waals surface area contributed by atoms with Crippen LogP contribution in [0.4, 0.5) is 5.69 Å². The van der Waals surface area contributed by atoms with Crippen LogP contribution in [-0.4, -0.2) is 40.6 Å². The van der Waals surface area contributed by atoms with Crippen molar-refractivity contribution in [2.75, 3.05) is 25.1 Å². The molecule has 136 valence electrons. The minimum Gasteiger partial charge on any atom is -0.504 e. The van der Waals surface area contributed by atoms with Crippen molar-refractivity contribution in [3.8, 4) is 28.6 Å². The molecule has 0 atom stereocenters. The molecular formula is C19H19NO6. The maximum Gasteiger partial charge on any atom is 0.235 e. The van der Waals surface area contributed by atoms with Crippen molar-refractivity contribution in [2.45, 2.75) is 6.92 Å². The lowest BCUT2D eigenvalue weighted by Gasteiger charge is -2.20. The van der Waals surface area contributed by atoms with Crippen LogP contribution in [0.1, 0.15) is 5.56 Å². The van der Waals surface area contributed by atoms with Crippen LogP contribution >= 0.6 is 0 Å². The molecule has 3 aromatic rings. The zero-order valence-corrected chi connectivity index (χ0v) is 14.4. The van der Waals surface area contributed by atoms with Crippen molar-refractivity contribution in [2.24, 2.45) is 0 Å². The molecule has 0 fully saturated rings. The van der Waals surface area contributed by atoms with E-state index in [0.717, 1.165) is 5.56 Å². The molecule has 3 rings (SSSR count). The fourth-order valence-corrected chi connectivity index (χ4v) is 2.83. The maximum absolute atomic E-state index is 12.7. The zero-order valence-electron chi connectivity index (χ0n) is 14.4. The van der Waals surface area contributed by atoms with Gasteiger partial charge in [-0.05, 0) is 42.8 Å². The van der Waals surface area contributed by atoms with E-state index in [0.29, 0.717) is 12.2 Å². The SMILES string of the molecule is Cc1cc(N(C)CCO)c2oc(-c3ccc(O)c(O)c3)c(O)c(=O)c2c1. The summed E-state index contributed by atoms with van der Waals surface area (Å²) in [5.74, 6) is -1.41. The molecule has 4 N–H and O–H groups in total. The molecule has 0 radical (unpaired) electrons. The van der Waals surface area contributed by atoms with Gasteiger partial charge in [-0.25, -0.2) is 0 Å². The molecule has 0 saturated carbocycles. The first-order valence-corrected chi connectivity index (χ1v) is 7.98. The number of likely N-dealkylation sites (N-methyl/N-ethyl adjacent to an activating group) is 1. The van der Waals surface area contributed by atoms with E-state index in [1.165, 1.54) is 18.2 Å². The van der Waals surface area contributed by atoms with Crippen molar-refractivity contribution in [3.63, 3.8) is 0 Å². The zero-order chi connectivity index (χ0) is 19.0. The summed E-state index contributed by atoms with van der Waals surface area (Å²) >= 11 is 0. The van der Waals surface area contributed by atoms with Gasteiger partial charge >= 0.3 is 0 Å². The topological polar surface area (TPSA) is 114 Å². The van der Waals surface area contributed by atoms with Crippen molar-refractivity contribution in [1.29, 1.82) is 0 Å². The smallest absolute Gasteiger partial charge is 0.235 e. The fraction of sp³-hybridized carbons (Fsp3) is 0.211. The van der Waals surface area contributed by atoms with E-state index in [1.54, 1.807) is 18.0 Å². The highest BCUT2D eigenvalue weighted by Gasteiger charge is 2.20. The Kier molecular flexibility index (Phi) is 4.48. The van der Waals surface area contributed by atoms with Crippen molar-refractivity contribution >= 4 is 16.7 Å². The average molecular weight is 357 g/mol. The monoisotopic (exact) mass is 357 g/mol. The van der Waals surface area contributed by atoms with E-state index in [4.69, 9.17) is 4.42 Å². The Hall–Kier alpha value is -3.19. The molecule has 0 saturated heterocycles. The first-order chi connectivity index (χ1) is 12.3. The predicted molar refractivity (Wildman–Crippen MR) is 98.0 cm³/mol. The van der Waals surface area contributed by atoms with E-state index >= 15 is 0 Å². The van der Waals surface area contributed by atoms with Crippen LogP contribution in [0.5, 0.6) is 17.2 Å². The average Bonchev–Trinajstić information content (AvgIpc) is 2.60. The molecule has 0 unspecified atom stereocenters. The third-order valence-electron chi connectivity index (χ3n) is 4.18. The van der Waals surface area contributed by atoms with Gasteiger partial charge in [0.15, 0.2) is 22.8 Å². The Labute approximate surface area is 149 Å². The number of anilines is 1. The number of phenols is 2. The van der Waals surface area contributed by atoms with Crippen molar-refractivity contribution in [3.05, 3.63) is 46.1 Å². The summed E-state index contributed by atoms with van der Waals surface area (Å²) < 4.78 is 5.84. The van der Waals surface area contributed by atoms with Gasteiger partial charge in [-0.3, -0.25) is 4.79 Å². The number of aryl methyl sites for hydroxylation is 1. The van der Waals surface area contributed by atoms with Gasteiger partial charge in [0.2, 0.25) is 11.2 Å². The summed E-state index contributed by atoms with van der Waals surface area (Å²) in [5.41, 5.74) is 1.30. The van der Waals surface area contributed by atoms with Gasteiger partial charge in [0.25, 0.3) is 0 Å². The lowest BCUT2D eigenvalue weighted by atomic mass is 10.1. The second-order valence-corrected chi connectivity index (χ2v) is 6.12. The molecule has 0 aliphatic rings. The van der Waals surface area contributed by atoms with Crippen LogP contribution in [-0.2, 0) is 0 Å². The third kappa shape index (κ3) is 2.93. The van der Waals surface area contributed by atoms with Gasteiger partial charge in [-0.15, -0.1) is 0 Å². The summed E-state index contributed by atoms with van der Waals surface area (Å²) in [6.07, 6.45) is 0. The molecule has 26 heavy (non-hydrogen) atoms. The van der Waals surface area contributed by atoms with Gasteiger partial charge in [0.1, 0.15) is 0 Å². The minimum atomic E-state index is -0.601. The summed E-state index contributed by atoms with van der Waals surface area (Å²) in [7, 11) is 1.75. The van der Waals surface area contributed by atoms with Gasteiger partial charge in [0.05, 0.1) is 17.7 Å². The van der Waals surface area contributed by atoms with Crippen LogP contribution < -0.4 is 10.3 Å². The van der Waals surface area contributed by atoms with E-state index in [2.05, 4.69) is 0 Å². The van der Waals surface area contributed by atoms with Gasteiger partial charge < -0.3 is 29.7 Å². The molecule has 0 amide bonds. The van der Waals surface area contributed by atoms with Crippen molar-refractivity contribution < 1.29 is 24.8 Å².